The topological polar surface area (TPSA) is 347 Å². The van der Waals surface area contributed by atoms with Crippen LogP contribution in [0.2, 0.25) is 0 Å². The second-order valence-corrected chi connectivity index (χ2v) is 24.4. The van der Waals surface area contributed by atoms with E-state index < -0.39 is 78.6 Å². The number of nitrogen functional groups attached to an aromatic ring is 1. The first-order valence-corrected chi connectivity index (χ1v) is 28.8. The first-order valence-electron chi connectivity index (χ1n) is 23.2. The molecule has 1 aliphatic heterocycles. The van der Waals surface area contributed by atoms with Gasteiger partial charge in [0.15, 0.2) is 17.7 Å². The molecule has 1 saturated heterocycles. The molecule has 1 fully saturated rings. The molecule has 0 aliphatic carbocycles. The number of nitrogens with one attached hydrogen (secondary N) is 2. The normalized spacial score (nSPS) is 21.6. The van der Waals surface area contributed by atoms with Gasteiger partial charge in [-0.1, -0.05) is 106 Å². The summed E-state index contributed by atoms with van der Waals surface area (Å²) in [5.74, 6) is 3.51. The van der Waals surface area contributed by atoms with Crippen LogP contribution in [0.5, 0.6) is 0 Å². The number of fused-ring (bicyclic) bond motifs is 1. The van der Waals surface area contributed by atoms with Crippen LogP contribution in [0.1, 0.15) is 125 Å². The average molecular weight is 1050 g/mol. The Morgan fingerprint density at radius 2 is 1.44 bits per heavy atom. The zero-order valence-electron chi connectivity index (χ0n) is 40.3. The number of aromatic nitrogens is 4. The molecular formula is C41H76N7O16P3S. The predicted octanol–water partition coefficient (Wildman–Crippen LogP) is 5.60. The third-order valence-electron chi connectivity index (χ3n) is 11.7. The molecule has 0 aromatic carbocycles. The van der Waals surface area contributed by atoms with Gasteiger partial charge in [-0.3, -0.25) is 27.7 Å². The monoisotopic (exact) mass is 1050 g/mol. The molecule has 0 radical (unpaired) electrons. The number of nitrogens with two attached hydrogens (primary N) is 1. The summed E-state index contributed by atoms with van der Waals surface area (Å²) in [7, 11) is -16.4. The lowest BCUT2D eigenvalue weighted by Crippen LogP contribution is -2.46. The van der Waals surface area contributed by atoms with Crippen LogP contribution in [0.3, 0.4) is 0 Å². The van der Waals surface area contributed by atoms with Crippen molar-refractivity contribution in [1.29, 1.82) is 0 Å². The molecule has 3 heterocycles. The second-order valence-electron chi connectivity index (χ2n) is 19.0. The number of nitrogens with zero attached hydrogens (tertiary/aromatic N) is 4. The summed E-state index contributed by atoms with van der Waals surface area (Å²) in [5.41, 5.74) is 4.34. The van der Waals surface area contributed by atoms with Crippen molar-refractivity contribution < 1.29 is 75.7 Å². The molecule has 27 heteroatoms. The predicted molar refractivity (Wildman–Crippen MR) is 255 cm³/mol. The lowest BCUT2D eigenvalue weighted by atomic mass is 9.87. The number of amides is 2. The Balaban J connectivity index is 1.31. The van der Waals surface area contributed by atoms with Crippen LogP contribution in [0, 0.1) is 29.1 Å². The third-order valence-corrected chi connectivity index (χ3v) is 15.8. The van der Waals surface area contributed by atoms with Crippen molar-refractivity contribution in [2.24, 2.45) is 29.1 Å². The van der Waals surface area contributed by atoms with Gasteiger partial charge in [-0.25, -0.2) is 28.6 Å². The summed E-state index contributed by atoms with van der Waals surface area (Å²) in [6, 6.07) is 0. The Morgan fingerprint density at radius 1 is 0.853 bits per heavy atom. The van der Waals surface area contributed by atoms with E-state index in [0.717, 1.165) is 52.9 Å². The molecule has 0 spiro atoms. The molecule has 2 aromatic heterocycles. The van der Waals surface area contributed by atoms with Crippen LogP contribution >= 0.6 is 35.2 Å². The van der Waals surface area contributed by atoms with Crippen molar-refractivity contribution in [2.45, 2.75) is 150 Å². The lowest BCUT2D eigenvalue weighted by Gasteiger charge is -2.30. The fraction of sp³-hybridized carbons (Fsp3) is 0.829. The van der Waals surface area contributed by atoms with E-state index in [4.69, 9.17) is 19.5 Å². The Kier molecular flexibility index (Phi) is 25.0. The highest BCUT2D eigenvalue weighted by molar-refractivity contribution is 7.99. The van der Waals surface area contributed by atoms with Crippen molar-refractivity contribution >= 4 is 64.0 Å². The summed E-state index contributed by atoms with van der Waals surface area (Å²) in [6.45, 7) is 12.6. The minimum absolute atomic E-state index is 0.0324. The smallest absolute Gasteiger partial charge is 0.386 e. The summed E-state index contributed by atoms with van der Waals surface area (Å²) in [5, 5.41) is 26.9. The molecule has 10 atom stereocenters. The van der Waals surface area contributed by atoms with Gasteiger partial charge in [0.25, 0.3) is 0 Å². The molecule has 1 aliphatic rings. The fourth-order valence-corrected chi connectivity index (χ4v) is 11.4. The van der Waals surface area contributed by atoms with Crippen LogP contribution in [-0.4, -0.2) is 123 Å². The van der Waals surface area contributed by atoms with Crippen molar-refractivity contribution in [3.8, 4) is 0 Å². The number of phosphoric acid groups is 3. The number of thioether (sulfide) groups is 1. The molecule has 3 rings (SSSR count). The van der Waals surface area contributed by atoms with Gasteiger partial charge in [0.1, 0.15) is 36.3 Å². The molecule has 5 unspecified atom stereocenters. The van der Waals surface area contributed by atoms with E-state index in [1.165, 1.54) is 71.6 Å². The van der Waals surface area contributed by atoms with Gasteiger partial charge in [-0.2, -0.15) is 16.1 Å². The number of rotatable bonds is 34. The number of anilines is 1. The van der Waals surface area contributed by atoms with Gasteiger partial charge in [-0.15, -0.1) is 0 Å². The molecule has 23 nitrogen and oxygen atoms in total. The average Bonchev–Trinajstić information content (AvgIpc) is 3.80. The fourth-order valence-electron chi connectivity index (χ4n) is 7.53. The number of ether oxygens (including phenoxy) is 1. The highest BCUT2D eigenvalue weighted by atomic mass is 32.2. The summed E-state index contributed by atoms with van der Waals surface area (Å²) < 4.78 is 62.6. The number of imidazole rings is 1. The van der Waals surface area contributed by atoms with E-state index in [-0.39, 0.29) is 35.9 Å². The summed E-state index contributed by atoms with van der Waals surface area (Å²) in [4.78, 5) is 76.4. The van der Waals surface area contributed by atoms with Gasteiger partial charge >= 0.3 is 23.5 Å². The largest absolute Gasteiger partial charge is 0.481 e. The Hall–Kier alpha value is -2.11. The van der Waals surface area contributed by atoms with E-state index in [2.05, 4.69) is 69.0 Å². The van der Waals surface area contributed by atoms with Crippen molar-refractivity contribution in [3.63, 3.8) is 0 Å². The minimum atomic E-state index is -5.56. The number of carbonyl (C=O) groups excluding carboxylic acids is 2. The van der Waals surface area contributed by atoms with Gasteiger partial charge in [-0.05, 0) is 35.8 Å². The molecule has 2 amide bonds. The van der Waals surface area contributed by atoms with Crippen LogP contribution in [0.15, 0.2) is 12.7 Å². The molecule has 0 bridgehead atoms. The SMILES string of the molecule is CC(C)CCCC(C)CCCC(C)CCCC(C)CCSCCNC(=O)CCNC(=O)[C@H](O)C(C)(C)COP(=O)(O)OP(=O)(O)OC[C@H]1O[C@@H](n2cnc3c(N)ncnc32)[C@H](O)[C@@H]1OP(=O)(O)O. The number of aliphatic hydroxyl groups excluding tert-OH is 2. The Bertz CT molecular complexity index is 2010. The molecule has 392 valence electrons. The standard InChI is InChI=1S/C41H76N7O16P3S/c1-27(2)11-8-12-28(3)13-9-14-29(4)15-10-16-30(5)18-21-68-22-20-43-32(49)17-19-44-39(52)36(51)41(6,7)24-61-67(58,59)64-66(56,57)60-23-31-35(63-65(53,54)55)34(50)40(62-31)48-26-47-33-37(42)45-25-46-38(33)48/h25-31,34-36,40,50-51H,8-24H2,1-7H3,(H,43,49)(H,44,52)(H,56,57)(H,58,59)(H2,42,45,46)(H2,53,54,55)/t28?,29?,30?,31-,34-,35-,36+,40-/m1/s1. The summed E-state index contributed by atoms with van der Waals surface area (Å²) >= 11 is 1.77. The maximum Gasteiger partial charge on any atom is 0.481 e. The van der Waals surface area contributed by atoms with Gasteiger partial charge in [0.2, 0.25) is 11.8 Å². The van der Waals surface area contributed by atoms with E-state index in [1.807, 2.05) is 0 Å². The number of aliphatic hydroxyl groups is 2. The van der Waals surface area contributed by atoms with Crippen molar-refractivity contribution in [2.75, 3.05) is 43.5 Å². The summed E-state index contributed by atoms with van der Waals surface area (Å²) in [6.07, 6.45) is 6.13. The maximum absolute atomic E-state index is 12.8. The zero-order valence-corrected chi connectivity index (χ0v) is 43.8. The highest BCUT2D eigenvalue weighted by Gasteiger charge is 2.50. The van der Waals surface area contributed by atoms with Gasteiger partial charge < -0.3 is 50.9 Å². The lowest BCUT2D eigenvalue weighted by molar-refractivity contribution is -0.137. The Morgan fingerprint density at radius 3 is 2.04 bits per heavy atom. The van der Waals surface area contributed by atoms with Crippen molar-refractivity contribution in [1.82, 2.24) is 30.2 Å². The van der Waals surface area contributed by atoms with E-state index >= 15 is 0 Å². The third kappa shape index (κ3) is 21.7. The highest BCUT2D eigenvalue weighted by Crippen LogP contribution is 2.61. The molecule has 0 saturated carbocycles. The number of phosphoric ester groups is 3. The van der Waals surface area contributed by atoms with Crippen LogP contribution in [-0.2, 0) is 45.9 Å². The molecule has 68 heavy (non-hydrogen) atoms. The van der Waals surface area contributed by atoms with Crippen LogP contribution < -0.4 is 16.4 Å². The van der Waals surface area contributed by atoms with E-state index in [1.54, 1.807) is 11.8 Å². The molecule has 10 N–H and O–H groups in total. The van der Waals surface area contributed by atoms with Gasteiger partial charge in [0.05, 0.1) is 19.5 Å². The number of hydrogen-bond donors (Lipinski definition) is 9. The second kappa shape index (κ2) is 28.2. The Labute approximate surface area is 403 Å². The molecular weight excluding hydrogens is 971 g/mol. The number of carbonyl (C=O) groups is 2. The molecule has 2 aromatic rings. The van der Waals surface area contributed by atoms with E-state index in [0.29, 0.717) is 12.5 Å². The van der Waals surface area contributed by atoms with Crippen LogP contribution in [0.4, 0.5) is 5.82 Å². The van der Waals surface area contributed by atoms with Crippen molar-refractivity contribution in [3.05, 3.63) is 12.7 Å². The number of hydrogen-bond acceptors (Lipinski definition) is 17. The van der Waals surface area contributed by atoms with Gasteiger partial charge in [0, 0.05) is 30.7 Å². The zero-order chi connectivity index (χ0) is 50.9. The first kappa shape index (κ1) is 60.2. The quantitative estimate of drug-likeness (QED) is 0.0304. The van der Waals surface area contributed by atoms with E-state index in [9.17, 15) is 53.1 Å². The minimum Gasteiger partial charge on any atom is -0.386 e. The van der Waals surface area contributed by atoms with Crippen LogP contribution in [0.25, 0.3) is 11.2 Å². The maximum atomic E-state index is 12.8. The first-order chi connectivity index (χ1) is 31.7.